The molecule has 0 saturated heterocycles. The molecule has 136 valence electrons. The maximum atomic E-state index is 12.5. The molecule has 0 aromatic heterocycles. The van der Waals surface area contributed by atoms with Crippen molar-refractivity contribution >= 4 is 11.6 Å². The number of hydrogen-bond acceptors (Lipinski definition) is 1. The molecule has 0 aliphatic heterocycles. The quantitative estimate of drug-likeness (QED) is 0.515. The molecule has 26 heavy (non-hydrogen) atoms. The smallest absolute Gasteiger partial charge is 0.123 e. The maximum absolute atomic E-state index is 12.5. The van der Waals surface area contributed by atoms with E-state index in [-0.39, 0.29) is 11.6 Å². The van der Waals surface area contributed by atoms with E-state index >= 15 is 0 Å². The van der Waals surface area contributed by atoms with Gasteiger partial charge < -0.3 is 5.11 Å². The number of rotatable bonds is 3. The fourth-order valence-corrected chi connectivity index (χ4v) is 2.80. The van der Waals surface area contributed by atoms with Crippen molar-refractivity contribution in [3.8, 4) is 16.9 Å². The number of hydrogen-bond donors (Lipinski definition) is 1. The molecule has 0 saturated carbocycles. The highest BCUT2D eigenvalue weighted by molar-refractivity contribution is 6.33. The molecule has 0 aliphatic carbocycles. The summed E-state index contributed by atoms with van der Waals surface area (Å²) in [5.74, 6) is 0.534. The highest BCUT2D eigenvalue weighted by Gasteiger charge is 2.08. The van der Waals surface area contributed by atoms with Crippen LogP contribution in [0, 0.1) is 5.82 Å². The first-order valence-electron chi connectivity index (χ1n) is 8.74. The zero-order chi connectivity index (χ0) is 19.1. The molecule has 0 radical (unpaired) electrons. The molecule has 1 nitrogen and oxygen atoms in total. The molecule has 0 unspecified atom stereocenters. The van der Waals surface area contributed by atoms with Crippen molar-refractivity contribution in [1.82, 2.24) is 0 Å². The van der Waals surface area contributed by atoms with Crippen LogP contribution in [0.1, 0.15) is 37.8 Å². The van der Waals surface area contributed by atoms with Gasteiger partial charge in [0.25, 0.3) is 0 Å². The van der Waals surface area contributed by atoms with Gasteiger partial charge in [0.1, 0.15) is 11.6 Å². The first kappa shape index (κ1) is 20.0. The second-order valence-corrected chi connectivity index (χ2v) is 6.80. The molecule has 1 N–H and O–H groups in total. The summed E-state index contributed by atoms with van der Waals surface area (Å²) in [6.45, 7) is 6.19. The summed E-state index contributed by atoms with van der Waals surface area (Å²) in [5, 5.41) is 10.5. The molecular weight excluding hydrogens is 347 g/mol. The summed E-state index contributed by atoms with van der Waals surface area (Å²) >= 11 is 6.12. The van der Waals surface area contributed by atoms with E-state index < -0.39 is 0 Å². The van der Waals surface area contributed by atoms with Gasteiger partial charge in [-0.1, -0.05) is 68.8 Å². The molecule has 3 rings (SSSR count). The first-order valence-corrected chi connectivity index (χ1v) is 9.12. The van der Waals surface area contributed by atoms with Gasteiger partial charge in [-0.2, -0.15) is 0 Å². The number of aromatic hydroxyl groups is 1. The highest BCUT2D eigenvalue weighted by Crippen LogP contribution is 2.34. The van der Waals surface area contributed by atoms with Gasteiger partial charge in [-0.25, -0.2) is 4.39 Å². The average Bonchev–Trinajstić information content (AvgIpc) is 2.63. The van der Waals surface area contributed by atoms with Crippen LogP contribution in [0.3, 0.4) is 0 Å². The molecular formula is C23H24ClFO. The topological polar surface area (TPSA) is 20.2 Å². The van der Waals surface area contributed by atoms with Gasteiger partial charge in [-0.3, -0.25) is 0 Å². The number of phenolic OH excluding ortho intramolecular Hbond substituents is 1. The van der Waals surface area contributed by atoms with Gasteiger partial charge >= 0.3 is 0 Å². The molecule has 3 aromatic rings. The van der Waals surface area contributed by atoms with Crippen LogP contribution in [0.4, 0.5) is 4.39 Å². The van der Waals surface area contributed by atoms with Gasteiger partial charge in [0, 0.05) is 16.1 Å². The van der Waals surface area contributed by atoms with Crippen LogP contribution in [0.25, 0.3) is 11.1 Å². The maximum Gasteiger partial charge on any atom is 0.123 e. The first-order chi connectivity index (χ1) is 12.4. The Balaban J connectivity index is 0.000000209. The summed E-state index contributed by atoms with van der Waals surface area (Å²) in [4.78, 5) is 0. The lowest BCUT2D eigenvalue weighted by molar-refractivity contribution is 0.477. The van der Waals surface area contributed by atoms with Crippen LogP contribution in [-0.2, 0) is 6.42 Å². The standard InChI is InChI=1S/C14H13ClO.C9H11F/c1-2-10-7-8-14(16)12(9-10)11-5-3-4-6-13(11)15;1-7(2)8-4-3-5-9(10)6-8/h3-9,16H,2H2,1H3;3-7H,1-2H3. The van der Waals surface area contributed by atoms with Crippen LogP contribution >= 0.6 is 11.6 Å². The highest BCUT2D eigenvalue weighted by atomic mass is 35.5. The van der Waals surface area contributed by atoms with Crippen molar-refractivity contribution in [1.29, 1.82) is 0 Å². The molecule has 0 bridgehead atoms. The third kappa shape index (κ3) is 5.34. The lowest BCUT2D eigenvalue weighted by Crippen LogP contribution is -1.86. The summed E-state index contributed by atoms with van der Waals surface area (Å²) in [5.41, 5.74) is 3.91. The van der Waals surface area contributed by atoms with Gasteiger partial charge in [0.15, 0.2) is 0 Å². The van der Waals surface area contributed by atoms with Crippen molar-refractivity contribution in [3.63, 3.8) is 0 Å². The van der Waals surface area contributed by atoms with Crippen molar-refractivity contribution in [2.75, 3.05) is 0 Å². The van der Waals surface area contributed by atoms with Crippen LogP contribution in [0.2, 0.25) is 5.02 Å². The molecule has 0 amide bonds. The molecule has 3 heteroatoms. The summed E-state index contributed by atoms with van der Waals surface area (Å²) < 4.78 is 12.5. The van der Waals surface area contributed by atoms with E-state index in [4.69, 9.17) is 11.6 Å². The third-order valence-electron chi connectivity index (χ3n) is 4.15. The van der Waals surface area contributed by atoms with Crippen LogP contribution in [0.5, 0.6) is 5.75 Å². The van der Waals surface area contributed by atoms with Gasteiger partial charge in [0.2, 0.25) is 0 Å². The summed E-state index contributed by atoms with van der Waals surface area (Å²) in [6, 6.07) is 19.9. The van der Waals surface area contributed by atoms with Gasteiger partial charge in [-0.05, 0) is 53.8 Å². The number of halogens is 2. The number of aryl methyl sites for hydroxylation is 1. The normalized spacial score (nSPS) is 10.4. The predicted molar refractivity (Wildman–Crippen MR) is 108 cm³/mol. The summed E-state index contributed by atoms with van der Waals surface area (Å²) in [6.07, 6.45) is 0.942. The Labute approximate surface area is 160 Å². The van der Waals surface area contributed by atoms with E-state index in [9.17, 15) is 9.50 Å². The van der Waals surface area contributed by atoms with Crippen LogP contribution in [0.15, 0.2) is 66.7 Å². The van der Waals surface area contributed by atoms with Gasteiger partial charge in [0.05, 0.1) is 0 Å². The Morgan fingerprint density at radius 1 is 0.923 bits per heavy atom. The Morgan fingerprint density at radius 3 is 2.23 bits per heavy atom. The minimum Gasteiger partial charge on any atom is -0.507 e. The minimum absolute atomic E-state index is 0.147. The van der Waals surface area contributed by atoms with Crippen molar-refractivity contribution in [3.05, 3.63) is 88.7 Å². The summed E-state index contributed by atoms with van der Waals surface area (Å²) in [7, 11) is 0. The third-order valence-corrected chi connectivity index (χ3v) is 4.48. The Hall–Kier alpha value is -2.32. The molecule has 0 fully saturated rings. The molecule has 0 atom stereocenters. The number of benzene rings is 3. The fourth-order valence-electron chi connectivity index (χ4n) is 2.56. The average molecular weight is 371 g/mol. The molecule has 0 aliphatic rings. The Morgan fingerprint density at radius 2 is 1.65 bits per heavy atom. The second kappa shape index (κ2) is 9.40. The monoisotopic (exact) mass is 370 g/mol. The molecule has 0 heterocycles. The minimum atomic E-state index is -0.147. The van der Waals surface area contributed by atoms with E-state index in [0.29, 0.717) is 10.9 Å². The van der Waals surface area contributed by atoms with Crippen molar-refractivity contribution in [2.45, 2.75) is 33.1 Å². The van der Waals surface area contributed by atoms with Crippen LogP contribution < -0.4 is 0 Å². The van der Waals surface area contributed by atoms with E-state index in [1.54, 1.807) is 18.2 Å². The fraction of sp³-hybridized carbons (Fsp3) is 0.217. The molecule has 3 aromatic carbocycles. The molecule has 0 spiro atoms. The lowest BCUT2D eigenvalue weighted by atomic mass is 10.0. The zero-order valence-electron chi connectivity index (χ0n) is 15.3. The Kier molecular flexibility index (Phi) is 7.23. The number of phenols is 1. The van der Waals surface area contributed by atoms with E-state index in [2.05, 4.69) is 20.8 Å². The lowest BCUT2D eigenvalue weighted by Gasteiger charge is -2.08. The van der Waals surface area contributed by atoms with Gasteiger partial charge in [-0.15, -0.1) is 0 Å². The van der Waals surface area contributed by atoms with E-state index in [1.807, 2.05) is 42.5 Å². The largest absolute Gasteiger partial charge is 0.507 e. The van der Waals surface area contributed by atoms with E-state index in [1.165, 1.54) is 11.6 Å². The predicted octanol–water partition coefficient (Wildman–Crippen LogP) is 7.22. The zero-order valence-corrected chi connectivity index (χ0v) is 16.1. The second-order valence-electron chi connectivity index (χ2n) is 6.39. The SMILES string of the molecule is CC(C)c1cccc(F)c1.CCc1ccc(O)c(-c2ccccc2Cl)c1. The Bertz CT molecular complexity index is 858. The van der Waals surface area contributed by atoms with Crippen molar-refractivity contribution < 1.29 is 9.50 Å². The van der Waals surface area contributed by atoms with E-state index in [0.717, 1.165) is 23.1 Å². The van der Waals surface area contributed by atoms with Crippen LogP contribution in [-0.4, -0.2) is 5.11 Å². The van der Waals surface area contributed by atoms with Crippen molar-refractivity contribution in [2.24, 2.45) is 0 Å².